The Hall–Kier alpha value is -2.40. The second-order valence-electron chi connectivity index (χ2n) is 4.22. The van der Waals surface area contributed by atoms with E-state index in [1.54, 1.807) is 42.6 Å². The number of rotatable bonds is 6. The van der Waals surface area contributed by atoms with E-state index in [0.29, 0.717) is 17.9 Å². The highest BCUT2D eigenvalue weighted by Gasteiger charge is 2.04. The van der Waals surface area contributed by atoms with Crippen molar-refractivity contribution < 1.29 is 14.3 Å². The molecule has 1 aromatic carbocycles. The molecule has 0 atom stereocenters. The summed E-state index contributed by atoms with van der Waals surface area (Å²) in [6, 6.07) is 10.1. The Morgan fingerprint density at radius 1 is 1.19 bits per heavy atom. The first-order chi connectivity index (χ1) is 10.1. The zero-order valence-corrected chi connectivity index (χ0v) is 11.8. The van der Waals surface area contributed by atoms with Crippen LogP contribution in [-0.2, 0) is 11.3 Å². The molecule has 0 aliphatic carbocycles. The van der Waals surface area contributed by atoms with Crippen molar-refractivity contribution in [3.8, 4) is 5.75 Å². The highest BCUT2D eigenvalue weighted by atomic mass is 35.5. The van der Waals surface area contributed by atoms with Gasteiger partial charge in [-0.1, -0.05) is 12.1 Å². The molecule has 1 heterocycles. The lowest BCUT2D eigenvalue weighted by molar-refractivity contribution is -0.123. The van der Waals surface area contributed by atoms with E-state index >= 15 is 0 Å². The van der Waals surface area contributed by atoms with Gasteiger partial charge in [-0.05, 0) is 41.4 Å². The number of pyridine rings is 1. The Bertz CT molecular complexity index is 615. The molecule has 1 aromatic heterocycles. The highest BCUT2D eigenvalue weighted by molar-refractivity contribution is 6.67. The van der Waals surface area contributed by atoms with Crippen LogP contribution in [0.4, 0.5) is 0 Å². The zero-order valence-electron chi connectivity index (χ0n) is 11.1. The van der Waals surface area contributed by atoms with Crippen molar-refractivity contribution in [1.29, 1.82) is 0 Å². The van der Waals surface area contributed by atoms with Gasteiger partial charge in [-0.3, -0.25) is 14.6 Å². The largest absolute Gasteiger partial charge is 0.482 e. The summed E-state index contributed by atoms with van der Waals surface area (Å²) >= 11 is 5.35. The fourth-order valence-corrected chi connectivity index (χ4v) is 1.71. The molecule has 0 radical (unpaired) electrons. The van der Waals surface area contributed by atoms with Crippen LogP contribution in [0, 0.1) is 0 Å². The van der Waals surface area contributed by atoms with Gasteiger partial charge in [0.25, 0.3) is 11.1 Å². The number of hydrogen-bond donors (Lipinski definition) is 1. The molecular formula is C15H13ClN2O3. The van der Waals surface area contributed by atoms with E-state index in [1.165, 1.54) is 6.20 Å². The van der Waals surface area contributed by atoms with Crippen LogP contribution in [0.2, 0.25) is 0 Å². The van der Waals surface area contributed by atoms with Crippen molar-refractivity contribution in [2.24, 2.45) is 0 Å². The lowest BCUT2D eigenvalue weighted by Gasteiger charge is -2.07. The first-order valence-corrected chi connectivity index (χ1v) is 6.61. The summed E-state index contributed by atoms with van der Waals surface area (Å²) in [5.41, 5.74) is 1.29. The summed E-state index contributed by atoms with van der Waals surface area (Å²) < 4.78 is 5.27. The standard InChI is InChI=1S/C15H13ClN2O3/c16-15(20)12-5-3-11(4-6-12)8-18-14(19)10-21-13-2-1-7-17-9-13/h1-7,9H,8,10H2,(H,18,19). The minimum absolute atomic E-state index is 0.0794. The molecule has 0 fully saturated rings. The highest BCUT2D eigenvalue weighted by Crippen LogP contribution is 2.07. The SMILES string of the molecule is O=C(COc1cccnc1)NCc1ccc(C(=O)Cl)cc1. The summed E-state index contributed by atoms with van der Waals surface area (Å²) in [6.07, 6.45) is 3.16. The van der Waals surface area contributed by atoms with Gasteiger partial charge in [0.05, 0.1) is 6.20 Å². The van der Waals surface area contributed by atoms with Crippen molar-refractivity contribution >= 4 is 22.8 Å². The van der Waals surface area contributed by atoms with Gasteiger partial charge in [0, 0.05) is 18.3 Å². The number of ether oxygens (including phenoxy) is 1. The number of hydrogen-bond acceptors (Lipinski definition) is 4. The fourth-order valence-electron chi connectivity index (χ4n) is 1.59. The number of benzene rings is 1. The van der Waals surface area contributed by atoms with Gasteiger partial charge in [-0.2, -0.15) is 0 Å². The average Bonchev–Trinajstić information content (AvgIpc) is 2.52. The molecule has 0 saturated carbocycles. The summed E-state index contributed by atoms with van der Waals surface area (Å²) in [7, 11) is 0. The predicted octanol–water partition coefficient (Wildman–Crippen LogP) is 2.16. The maximum Gasteiger partial charge on any atom is 0.258 e. The molecule has 108 valence electrons. The van der Waals surface area contributed by atoms with Crippen LogP contribution in [0.5, 0.6) is 5.75 Å². The Morgan fingerprint density at radius 3 is 2.57 bits per heavy atom. The van der Waals surface area contributed by atoms with Crippen LogP contribution in [0.3, 0.4) is 0 Å². The van der Waals surface area contributed by atoms with E-state index in [-0.39, 0.29) is 12.5 Å². The summed E-state index contributed by atoms with van der Waals surface area (Å²) in [5.74, 6) is 0.300. The normalized spacial score (nSPS) is 9.95. The van der Waals surface area contributed by atoms with Crippen LogP contribution in [0.1, 0.15) is 15.9 Å². The van der Waals surface area contributed by atoms with Crippen LogP contribution >= 0.6 is 11.6 Å². The number of carbonyl (C=O) groups excluding carboxylic acids is 2. The smallest absolute Gasteiger partial charge is 0.258 e. The quantitative estimate of drug-likeness (QED) is 0.830. The molecule has 2 rings (SSSR count). The van der Waals surface area contributed by atoms with E-state index < -0.39 is 5.24 Å². The molecule has 0 unspecified atom stereocenters. The van der Waals surface area contributed by atoms with E-state index in [2.05, 4.69) is 10.3 Å². The number of nitrogens with zero attached hydrogens (tertiary/aromatic N) is 1. The van der Waals surface area contributed by atoms with Crippen molar-refractivity contribution in [3.63, 3.8) is 0 Å². The van der Waals surface area contributed by atoms with E-state index in [1.807, 2.05) is 0 Å². The summed E-state index contributed by atoms with van der Waals surface area (Å²) in [4.78, 5) is 26.4. The summed E-state index contributed by atoms with van der Waals surface area (Å²) in [5, 5.41) is 2.21. The molecule has 0 bridgehead atoms. The maximum atomic E-state index is 11.6. The topological polar surface area (TPSA) is 68.3 Å². The van der Waals surface area contributed by atoms with Crippen molar-refractivity contribution in [1.82, 2.24) is 10.3 Å². The third-order valence-electron chi connectivity index (χ3n) is 2.67. The lowest BCUT2D eigenvalue weighted by atomic mass is 10.1. The van der Waals surface area contributed by atoms with Crippen LogP contribution < -0.4 is 10.1 Å². The number of halogens is 1. The monoisotopic (exact) mass is 304 g/mol. The lowest BCUT2D eigenvalue weighted by Crippen LogP contribution is -2.28. The number of aromatic nitrogens is 1. The maximum absolute atomic E-state index is 11.6. The summed E-state index contributed by atoms with van der Waals surface area (Å²) in [6.45, 7) is 0.274. The van der Waals surface area contributed by atoms with Crippen molar-refractivity contribution in [2.45, 2.75) is 6.54 Å². The second kappa shape index (κ2) is 7.40. The van der Waals surface area contributed by atoms with Gasteiger partial charge in [0.2, 0.25) is 0 Å². The van der Waals surface area contributed by atoms with E-state index in [9.17, 15) is 9.59 Å². The van der Waals surface area contributed by atoms with Crippen LogP contribution in [0.15, 0.2) is 48.8 Å². The number of amides is 1. The van der Waals surface area contributed by atoms with Crippen molar-refractivity contribution in [2.75, 3.05) is 6.61 Å². The third kappa shape index (κ3) is 4.89. The second-order valence-corrected chi connectivity index (χ2v) is 4.57. The average molecular weight is 305 g/mol. The molecule has 0 aliphatic heterocycles. The fraction of sp³-hybridized carbons (Fsp3) is 0.133. The first kappa shape index (κ1) is 15.0. The van der Waals surface area contributed by atoms with Gasteiger partial charge < -0.3 is 10.1 Å². The van der Waals surface area contributed by atoms with Gasteiger partial charge in [0.1, 0.15) is 5.75 Å². The van der Waals surface area contributed by atoms with Gasteiger partial charge >= 0.3 is 0 Å². The predicted molar refractivity (Wildman–Crippen MR) is 78.2 cm³/mol. The molecule has 2 aromatic rings. The number of carbonyl (C=O) groups is 2. The van der Waals surface area contributed by atoms with Crippen LogP contribution in [-0.4, -0.2) is 22.7 Å². The Kier molecular flexibility index (Phi) is 5.29. The Balaban J connectivity index is 1.77. The van der Waals surface area contributed by atoms with Crippen LogP contribution in [0.25, 0.3) is 0 Å². The minimum Gasteiger partial charge on any atom is -0.482 e. The molecule has 0 aliphatic rings. The third-order valence-corrected chi connectivity index (χ3v) is 2.89. The van der Waals surface area contributed by atoms with Crippen molar-refractivity contribution in [3.05, 3.63) is 59.9 Å². The van der Waals surface area contributed by atoms with E-state index in [4.69, 9.17) is 16.3 Å². The molecule has 1 amide bonds. The zero-order chi connectivity index (χ0) is 15.1. The Labute approximate surface area is 126 Å². The first-order valence-electron chi connectivity index (χ1n) is 6.23. The van der Waals surface area contributed by atoms with Gasteiger partial charge in [-0.15, -0.1) is 0 Å². The molecule has 6 heteroatoms. The molecule has 1 N–H and O–H groups in total. The Morgan fingerprint density at radius 2 is 1.95 bits per heavy atom. The molecule has 21 heavy (non-hydrogen) atoms. The number of nitrogens with one attached hydrogen (secondary N) is 1. The molecule has 0 saturated heterocycles. The van der Waals surface area contributed by atoms with E-state index in [0.717, 1.165) is 5.56 Å². The minimum atomic E-state index is -0.504. The molecule has 0 spiro atoms. The van der Waals surface area contributed by atoms with Gasteiger partial charge in [-0.25, -0.2) is 0 Å². The van der Waals surface area contributed by atoms with Gasteiger partial charge in [0.15, 0.2) is 6.61 Å². The molecular weight excluding hydrogens is 292 g/mol. The molecule has 5 nitrogen and oxygen atoms in total.